The molecule has 34 heavy (non-hydrogen) atoms. The second-order valence-corrected chi connectivity index (χ2v) is 8.08. The van der Waals surface area contributed by atoms with Crippen LogP contribution in [0.2, 0.25) is 0 Å². The topological polar surface area (TPSA) is 154 Å². The lowest BCUT2D eigenvalue weighted by Gasteiger charge is -2.22. The summed E-state index contributed by atoms with van der Waals surface area (Å²) in [7, 11) is 0. The summed E-state index contributed by atoms with van der Waals surface area (Å²) in [6.45, 7) is 7.47. The number of allylic oxidation sites excluding steroid dienone is 3. The van der Waals surface area contributed by atoms with Crippen molar-refractivity contribution in [2.45, 2.75) is 25.8 Å². The zero-order valence-corrected chi connectivity index (χ0v) is 18.7. The van der Waals surface area contributed by atoms with E-state index >= 15 is 0 Å². The summed E-state index contributed by atoms with van der Waals surface area (Å²) in [6.07, 6.45) is 7.27. The average molecular weight is 467 g/mol. The minimum absolute atomic E-state index is 0.233. The summed E-state index contributed by atoms with van der Waals surface area (Å²) in [6, 6.07) is 0.246. The lowest BCUT2D eigenvalue weighted by Crippen LogP contribution is -2.32. The molecule has 12 nitrogen and oxygen atoms in total. The van der Waals surface area contributed by atoms with Gasteiger partial charge in [0, 0.05) is 17.7 Å². The van der Waals surface area contributed by atoms with E-state index in [2.05, 4.69) is 37.3 Å². The molecule has 2 aromatic rings. The van der Waals surface area contributed by atoms with Gasteiger partial charge in [0.25, 0.3) is 0 Å². The number of aromatic nitrogens is 5. The fourth-order valence-corrected chi connectivity index (χ4v) is 3.69. The Kier molecular flexibility index (Phi) is 5.70. The third-order valence-electron chi connectivity index (χ3n) is 5.46. The number of fused-ring (bicyclic) bond motifs is 1. The number of ether oxygens (including phenoxy) is 2. The Labute approximate surface area is 194 Å². The molecule has 3 aliphatic rings. The predicted molar refractivity (Wildman–Crippen MR) is 125 cm³/mol. The van der Waals surface area contributed by atoms with E-state index in [4.69, 9.17) is 14.5 Å². The van der Waals surface area contributed by atoms with Crippen LogP contribution in [-0.2, 0) is 9.47 Å². The van der Waals surface area contributed by atoms with Crippen LogP contribution in [-0.4, -0.2) is 62.1 Å². The zero-order valence-electron chi connectivity index (χ0n) is 18.7. The molecule has 1 aliphatic carbocycles. The van der Waals surface area contributed by atoms with Gasteiger partial charge in [-0.2, -0.15) is 9.97 Å². The molecule has 5 rings (SSSR count). The van der Waals surface area contributed by atoms with Gasteiger partial charge in [-0.05, 0) is 25.8 Å². The van der Waals surface area contributed by atoms with E-state index in [1.165, 1.54) is 0 Å². The van der Waals surface area contributed by atoms with Gasteiger partial charge >= 0.3 is 5.69 Å². The van der Waals surface area contributed by atoms with Gasteiger partial charge in [0.2, 0.25) is 17.4 Å². The van der Waals surface area contributed by atoms with Gasteiger partial charge in [-0.25, -0.2) is 14.5 Å². The molecule has 5 N–H and O–H groups in total. The van der Waals surface area contributed by atoms with Crippen LogP contribution >= 0.6 is 0 Å². The molecule has 178 valence electrons. The molecule has 0 atom stereocenters. The van der Waals surface area contributed by atoms with Crippen molar-refractivity contribution >= 4 is 17.6 Å². The Morgan fingerprint density at radius 2 is 2.15 bits per heavy atom. The quantitative estimate of drug-likeness (QED) is 0.378. The van der Waals surface area contributed by atoms with E-state index in [9.17, 15) is 9.90 Å². The molecule has 4 heterocycles. The first-order valence-electron chi connectivity index (χ1n) is 11.0. The van der Waals surface area contributed by atoms with Crippen LogP contribution in [0.5, 0.6) is 5.88 Å². The Hall–Kier alpha value is -4.22. The average Bonchev–Trinajstić information content (AvgIpc) is 3.45. The van der Waals surface area contributed by atoms with Crippen LogP contribution in [0, 0.1) is 0 Å². The third kappa shape index (κ3) is 4.47. The first-order valence-corrected chi connectivity index (χ1v) is 11.0. The first kappa shape index (κ1) is 21.6. The summed E-state index contributed by atoms with van der Waals surface area (Å²) in [4.78, 5) is 30.4. The van der Waals surface area contributed by atoms with E-state index in [0.717, 1.165) is 24.0 Å². The highest BCUT2D eigenvalue weighted by molar-refractivity contribution is 5.82. The molecule has 12 heteroatoms. The van der Waals surface area contributed by atoms with Gasteiger partial charge in [0.1, 0.15) is 24.7 Å². The largest absolute Gasteiger partial charge is 0.493 e. The second-order valence-electron chi connectivity index (χ2n) is 8.08. The maximum absolute atomic E-state index is 11.5. The van der Waals surface area contributed by atoms with E-state index in [1.807, 2.05) is 13.0 Å². The van der Waals surface area contributed by atoms with Crippen molar-refractivity contribution in [1.29, 1.82) is 0 Å². The number of imidazole rings is 1. The van der Waals surface area contributed by atoms with Crippen molar-refractivity contribution in [1.82, 2.24) is 24.6 Å². The molecule has 0 saturated heterocycles. The zero-order chi connectivity index (χ0) is 23.7. The number of anilines is 1. The number of H-pyrrole nitrogens is 2. The number of aromatic amines is 2. The van der Waals surface area contributed by atoms with E-state index in [0.29, 0.717) is 55.2 Å². The molecule has 0 amide bonds. The maximum atomic E-state index is 11.5. The van der Waals surface area contributed by atoms with Crippen molar-refractivity contribution in [3.8, 4) is 5.88 Å². The van der Waals surface area contributed by atoms with E-state index < -0.39 is 5.69 Å². The van der Waals surface area contributed by atoms with Gasteiger partial charge < -0.3 is 30.3 Å². The summed E-state index contributed by atoms with van der Waals surface area (Å²) < 4.78 is 13.2. The summed E-state index contributed by atoms with van der Waals surface area (Å²) >= 11 is 0. The van der Waals surface area contributed by atoms with Crippen molar-refractivity contribution in [2.75, 3.05) is 37.0 Å². The smallest absolute Gasteiger partial charge is 0.326 e. The molecule has 1 fully saturated rings. The monoisotopic (exact) mass is 466 g/mol. The number of aromatic hydroxyl groups is 1. The molecule has 0 unspecified atom stereocenters. The Balaban J connectivity index is 1.49. The Bertz CT molecular complexity index is 1340. The molecule has 1 saturated carbocycles. The fraction of sp³-hybridized carbons (Fsp3) is 0.364. The second kappa shape index (κ2) is 8.96. The van der Waals surface area contributed by atoms with Gasteiger partial charge in [-0.1, -0.05) is 18.7 Å². The number of hydrogen-bond donors (Lipinski definition) is 5. The lowest BCUT2D eigenvalue weighted by molar-refractivity contribution is 0.0683. The SMILES string of the molecule is C=CC=C(CNc1nc2n(c(=NC3CC3)n1)NC/C2=C\c1[nH]c(=O)[nH]c1O)C1=C(C)OCCO1. The van der Waals surface area contributed by atoms with Crippen LogP contribution < -0.4 is 22.1 Å². The highest BCUT2D eigenvalue weighted by Gasteiger charge is 2.25. The number of nitrogens with zero attached hydrogens (tertiary/aromatic N) is 4. The molecule has 0 radical (unpaired) electrons. The van der Waals surface area contributed by atoms with Crippen molar-refractivity contribution < 1.29 is 14.6 Å². The molecule has 2 aromatic heterocycles. The minimum Gasteiger partial charge on any atom is -0.493 e. The van der Waals surface area contributed by atoms with Crippen LogP contribution in [0.3, 0.4) is 0 Å². The fourth-order valence-electron chi connectivity index (χ4n) is 3.69. The molecule has 0 bridgehead atoms. The van der Waals surface area contributed by atoms with Gasteiger partial charge in [0.05, 0.1) is 12.6 Å². The molecular formula is C22H26N8O4. The number of nitrogens with one attached hydrogen (secondary N) is 4. The predicted octanol–water partition coefficient (Wildman–Crippen LogP) is 0.963. The molecular weight excluding hydrogens is 440 g/mol. The van der Waals surface area contributed by atoms with E-state index in [1.54, 1.807) is 16.8 Å². The van der Waals surface area contributed by atoms with E-state index in [-0.39, 0.29) is 17.6 Å². The molecule has 0 spiro atoms. The Morgan fingerprint density at radius 1 is 1.32 bits per heavy atom. The first-order chi connectivity index (χ1) is 16.5. The Morgan fingerprint density at radius 3 is 2.85 bits per heavy atom. The van der Waals surface area contributed by atoms with Crippen molar-refractivity contribution in [2.24, 2.45) is 4.99 Å². The van der Waals surface area contributed by atoms with Crippen LogP contribution in [0.1, 0.15) is 31.3 Å². The highest BCUT2D eigenvalue weighted by Crippen LogP contribution is 2.25. The summed E-state index contributed by atoms with van der Waals surface area (Å²) in [5, 5.41) is 13.2. The van der Waals surface area contributed by atoms with Crippen molar-refractivity contribution in [3.05, 3.63) is 63.4 Å². The number of rotatable bonds is 7. The minimum atomic E-state index is -0.488. The van der Waals surface area contributed by atoms with Crippen LogP contribution in [0.4, 0.5) is 5.95 Å². The number of hydrogen-bond acceptors (Lipinski definition) is 9. The van der Waals surface area contributed by atoms with Crippen molar-refractivity contribution in [3.63, 3.8) is 0 Å². The summed E-state index contributed by atoms with van der Waals surface area (Å²) in [5.74, 6) is 2.12. The maximum Gasteiger partial charge on any atom is 0.326 e. The molecule has 2 aliphatic heterocycles. The van der Waals surface area contributed by atoms with Gasteiger partial charge in [0.15, 0.2) is 11.6 Å². The highest BCUT2D eigenvalue weighted by atomic mass is 16.6. The molecule has 0 aromatic carbocycles. The van der Waals surface area contributed by atoms with Gasteiger partial charge in [-0.3, -0.25) is 4.98 Å². The summed E-state index contributed by atoms with van der Waals surface area (Å²) in [5.41, 5.74) is 5.12. The lowest BCUT2D eigenvalue weighted by atomic mass is 10.1. The van der Waals surface area contributed by atoms with Gasteiger partial charge in [-0.15, -0.1) is 0 Å². The third-order valence-corrected chi connectivity index (χ3v) is 5.46. The van der Waals surface area contributed by atoms with Crippen LogP contribution in [0.15, 0.2) is 45.6 Å². The van der Waals surface area contributed by atoms with Crippen LogP contribution in [0.25, 0.3) is 11.6 Å². The standard InChI is InChI=1S/C22H26N8O4/c1-3-4-13(17-12(2)33-7-8-34-17)10-23-20-27-18-14(9-16-19(31)28-22(32)26-16)11-24-30(18)21(29-20)25-15-5-6-15/h3-4,9,15,24,31H,1,5-8,10-11H2,2H3,(H,23,25,29)(H2,26,28,32)/b13-4?,14-9+. The normalized spacial score (nSPS) is 19.5.